The first kappa shape index (κ1) is 19.4. The Morgan fingerprint density at radius 3 is 2.41 bits per heavy atom. The fourth-order valence-corrected chi connectivity index (χ4v) is 3.96. The summed E-state index contributed by atoms with van der Waals surface area (Å²) in [6, 6.07) is 9.80. The average Bonchev–Trinajstić information content (AvgIpc) is 2.61. The van der Waals surface area contributed by atoms with E-state index >= 15 is 0 Å². The number of aromatic nitrogens is 1. The van der Waals surface area contributed by atoms with E-state index < -0.39 is 5.97 Å². The summed E-state index contributed by atoms with van der Waals surface area (Å²) in [5, 5.41) is 0. The quantitative estimate of drug-likeness (QED) is 0.752. The molecule has 4 nitrogen and oxygen atoms in total. The fourth-order valence-electron chi connectivity index (χ4n) is 3.96. The smallest absolute Gasteiger partial charge is 0.343 e. The number of ether oxygens (including phenoxy) is 1. The van der Waals surface area contributed by atoms with Crippen LogP contribution in [0.5, 0.6) is 0 Å². The van der Waals surface area contributed by atoms with Crippen molar-refractivity contribution in [3.05, 3.63) is 69.1 Å². The van der Waals surface area contributed by atoms with Crippen molar-refractivity contribution in [1.29, 1.82) is 0 Å². The van der Waals surface area contributed by atoms with Gasteiger partial charge in [0, 0.05) is 6.20 Å². The first-order valence-electron chi connectivity index (χ1n) is 9.66. The Morgan fingerprint density at radius 2 is 1.74 bits per heavy atom. The van der Waals surface area contributed by atoms with Crippen molar-refractivity contribution < 1.29 is 9.53 Å². The minimum atomic E-state index is -0.565. The van der Waals surface area contributed by atoms with Crippen molar-refractivity contribution in [1.82, 2.24) is 4.57 Å². The summed E-state index contributed by atoms with van der Waals surface area (Å²) in [7, 11) is 0. The van der Waals surface area contributed by atoms with E-state index in [1.807, 2.05) is 0 Å². The van der Waals surface area contributed by atoms with E-state index in [2.05, 4.69) is 45.9 Å². The number of benzene rings is 1. The van der Waals surface area contributed by atoms with Crippen LogP contribution in [-0.4, -0.2) is 17.1 Å². The molecule has 0 radical (unpaired) electrons. The van der Waals surface area contributed by atoms with Gasteiger partial charge in [0.15, 0.2) is 0 Å². The number of hydrogen-bond donors (Lipinski definition) is 0. The molecule has 3 rings (SSSR count). The highest BCUT2D eigenvalue weighted by atomic mass is 16.5. The Labute approximate surface area is 161 Å². The largest absolute Gasteiger partial charge is 0.462 e. The lowest BCUT2D eigenvalue weighted by molar-refractivity contribution is 0.0523. The summed E-state index contributed by atoms with van der Waals surface area (Å²) in [4.78, 5) is 24.7. The third-order valence-electron chi connectivity index (χ3n) is 5.79. The molecule has 1 aliphatic carbocycles. The molecule has 0 bridgehead atoms. The minimum Gasteiger partial charge on any atom is -0.462 e. The summed E-state index contributed by atoms with van der Waals surface area (Å²) < 4.78 is 6.56. The monoisotopic (exact) mass is 367 g/mol. The van der Waals surface area contributed by atoms with Crippen LogP contribution < -0.4 is 5.56 Å². The normalized spacial score (nSPS) is 17.2. The lowest BCUT2D eigenvalue weighted by Crippen LogP contribution is -2.34. The first-order chi connectivity index (χ1) is 12.7. The van der Waals surface area contributed by atoms with Crippen molar-refractivity contribution >= 4 is 5.97 Å². The second-order valence-electron chi connectivity index (χ2n) is 8.72. The first-order valence-corrected chi connectivity index (χ1v) is 9.66. The molecule has 144 valence electrons. The molecule has 1 heterocycles. The number of fused-ring (bicyclic) bond motifs is 1. The fraction of sp³-hybridized carbons (Fsp3) is 0.478. The van der Waals surface area contributed by atoms with Crippen LogP contribution in [0.4, 0.5) is 0 Å². The standard InChI is InChI=1S/C23H29NO3/c1-6-27-21(26)17-8-7-13-24(20(17)25)15-16-9-10-18-19(14-16)23(4,5)12-11-22(18,2)3/h7-10,13-14H,6,11-12,15H2,1-5H3. The van der Waals surface area contributed by atoms with E-state index in [9.17, 15) is 9.59 Å². The molecule has 0 saturated heterocycles. The number of pyridine rings is 1. The molecule has 27 heavy (non-hydrogen) atoms. The van der Waals surface area contributed by atoms with Crippen molar-refractivity contribution in [2.75, 3.05) is 6.61 Å². The zero-order valence-corrected chi connectivity index (χ0v) is 17.0. The van der Waals surface area contributed by atoms with Gasteiger partial charge in [-0.15, -0.1) is 0 Å². The van der Waals surface area contributed by atoms with Gasteiger partial charge in [0.1, 0.15) is 5.56 Å². The Morgan fingerprint density at radius 1 is 1.07 bits per heavy atom. The predicted molar refractivity (Wildman–Crippen MR) is 107 cm³/mol. The number of hydrogen-bond acceptors (Lipinski definition) is 3. The van der Waals surface area contributed by atoms with Gasteiger partial charge < -0.3 is 9.30 Å². The van der Waals surface area contributed by atoms with Gasteiger partial charge in [0.25, 0.3) is 5.56 Å². The molecule has 0 saturated carbocycles. The van der Waals surface area contributed by atoms with E-state index in [0.29, 0.717) is 6.54 Å². The van der Waals surface area contributed by atoms with E-state index in [0.717, 1.165) is 12.0 Å². The third kappa shape index (κ3) is 3.71. The second kappa shape index (κ2) is 6.99. The van der Waals surface area contributed by atoms with Crippen LogP contribution in [-0.2, 0) is 22.1 Å². The van der Waals surface area contributed by atoms with Gasteiger partial charge >= 0.3 is 5.97 Å². The maximum absolute atomic E-state index is 12.7. The lowest BCUT2D eigenvalue weighted by Gasteiger charge is -2.42. The van der Waals surface area contributed by atoms with Crippen LogP contribution in [0.15, 0.2) is 41.3 Å². The Hall–Kier alpha value is -2.36. The van der Waals surface area contributed by atoms with E-state index in [-0.39, 0.29) is 28.6 Å². The SMILES string of the molecule is CCOC(=O)c1cccn(Cc2ccc3c(c2)C(C)(C)CCC3(C)C)c1=O. The molecule has 4 heteroatoms. The van der Waals surface area contributed by atoms with Crippen LogP contribution in [0.2, 0.25) is 0 Å². The van der Waals surface area contributed by atoms with Crippen LogP contribution in [0.25, 0.3) is 0 Å². The summed E-state index contributed by atoms with van der Waals surface area (Å²) in [6.07, 6.45) is 4.04. The topological polar surface area (TPSA) is 48.3 Å². The lowest BCUT2D eigenvalue weighted by atomic mass is 9.63. The molecule has 0 spiro atoms. The van der Waals surface area contributed by atoms with Crippen molar-refractivity contribution in [3.8, 4) is 0 Å². The van der Waals surface area contributed by atoms with Crippen molar-refractivity contribution in [2.45, 2.75) is 64.8 Å². The summed E-state index contributed by atoms with van der Waals surface area (Å²) in [6.45, 7) is 11.6. The zero-order chi connectivity index (χ0) is 19.8. The number of esters is 1. The highest BCUT2D eigenvalue weighted by Crippen LogP contribution is 2.45. The number of nitrogens with zero attached hydrogens (tertiary/aromatic N) is 1. The predicted octanol–water partition coefficient (Wildman–Crippen LogP) is 4.42. The van der Waals surface area contributed by atoms with Gasteiger partial charge in [-0.25, -0.2) is 4.79 Å². The van der Waals surface area contributed by atoms with Gasteiger partial charge in [-0.05, 0) is 59.4 Å². The van der Waals surface area contributed by atoms with Crippen LogP contribution in [0.1, 0.15) is 74.5 Å². The molecule has 1 aromatic heterocycles. The molecule has 0 aliphatic heterocycles. The Bertz CT molecular complexity index is 921. The number of carbonyl (C=O) groups excluding carboxylic acids is 1. The van der Waals surface area contributed by atoms with Crippen LogP contribution >= 0.6 is 0 Å². The van der Waals surface area contributed by atoms with Gasteiger partial charge in [-0.1, -0.05) is 45.9 Å². The molecule has 2 aromatic rings. The molecule has 1 aliphatic rings. The number of rotatable bonds is 4. The minimum absolute atomic E-state index is 0.0822. The van der Waals surface area contributed by atoms with E-state index in [1.54, 1.807) is 23.8 Å². The molecule has 0 fully saturated rings. The van der Waals surface area contributed by atoms with Gasteiger partial charge in [0.05, 0.1) is 13.2 Å². The van der Waals surface area contributed by atoms with Crippen molar-refractivity contribution in [3.63, 3.8) is 0 Å². The van der Waals surface area contributed by atoms with Gasteiger partial charge in [0.2, 0.25) is 0 Å². The van der Waals surface area contributed by atoms with E-state index in [4.69, 9.17) is 4.74 Å². The maximum Gasteiger partial charge on any atom is 0.343 e. The molecular formula is C23H29NO3. The summed E-state index contributed by atoms with van der Waals surface area (Å²) >= 11 is 0. The third-order valence-corrected chi connectivity index (χ3v) is 5.79. The highest BCUT2D eigenvalue weighted by molar-refractivity contribution is 5.88. The summed E-state index contributed by atoms with van der Waals surface area (Å²) in [5.41, 5.74) is 3.90. The Balaban J connectivity index is 1.98. The molecule has 1 aromatic carbocycles. The second-order valence-corrected chi connectivity index (χ2v) is 8.72. The summed E-state index contributed by atoms with van der Waals surface area (Å²) in [5.74, 6) is -0.565. The molecule has 0 amide bonds. The zero-order valence-electron chi connectivity index (χ0n) is 17.0. The highest BCUT2D eigenvalue weighted by Gasteiger charge is 2.36. The molecule has 0 atom stereocenters. The van der Waals surface area contributed by atoms with E-state index in [1.165, 1.54) is 23.6 Å². The van der Waals surface area contributed by atoms with Crippen molar-refractivity contribution in [2.24, 2.45) is 0 Å². The number of carbonyl (C=O) groups is 1. The maximum atomic E-state index is 12.7. The average molecular weight is 367 g/mol. The van der Waals surface area contributed by atoms with Crippen LogP contribution in [0, 0.1) is 0 Å². The molecular weight excluding hydrogens is 338 g/mol. The van der Waals surface area contributed by atoms with Crippen LogP contribution in [0.3, 0.4) is 0 Å². The molecule has 0 N–H and O–H groups in total. The molecule has 0 unspecified atom stereocenters. The van der Waals surface area contributed by atoms with Gasteiger partial charge in [-0.3, -0.25) is 4.79 Å². The Kier molecular flexibility index (Phi) is 5.02. The van der Waals surface area contributed by atoms with Gasteiger partial charge in [-0.2, -0.15) is 0 Å².